The Bertz CT molecular complexity index is 384. The highest BCUT2D eigenvalue weighted by molar-refractivity contribution is 6.28. The van der Waals surface area contributed by atoms with Crippen LogP contribution in [0.4, 0.5) is 5.82 Å². The molecule has 17 heavy (non-hydrogen) atoms. The lowest BCUT2D eigenvalue weighted by molar-refractivity contribution is 0.197. The van der Waals surface area contributed by atoms with Gasteiger partial charge in [-0.2, -0.15) is 0 Å². The molecule has 0 amide bonds. The van der Waals surface area contributed by atoms with Crippen LogP contribution in [0.2, 0.25) is 5.28 Å². The second-order valence-corrected chi connectivity index (χ2v) is 4.58. The number of rotatable bonds is 5. The van der Waals surface area contributed by atoms with Crippen LogP contribution in [0.3, 0.4) is 0 Å². The number of fused-ring (bicyclic) bond motifs is 1. The number of nitrogens with one attached hydrogen (secondary N) is 1. The van der Waals surface area contributed by atoms with Crippen LogP contribution < -0.4 is 5.32 Å². The molecule has 0 spiro atoms. The van der Waals surface area contributed by atoms with Crippen molar-refractivity contribution in [2.24, 2.45) is 0 Å². The van der Waals surface area contributed by atoms with Gasteiger partial charge in [0, 0.05) is 25.8 Å². The Morgan fingerprint density at radius 2 is 2.12 bits per heavy atom. The van der Waals surface area contributed by atoms with E-state index in [1.54, 1.807) is 7.11 Å². The largest absolute Gasteiger partial charge is 0.385 e. The summed E-state index contributed by atoms with van der Waals surface area (Å²) in [5, 5.41) is 3.68. The van der Waals surface area contributed by atoms with Gasteiger partial charge >= 0.3 is 0 Å². The predicted molar refractivity (Wildman–Crippen MR) is 68.7 cm³/mol. The maximum absolute atomic E-state index is 5.93. The van der Waals surface area contributed by atoms with Gasteiger partial charge in [0.2, 0.25) is 5.28 Å². The number of ether oxygens (including phenoxy) is 1. The highest BCUT2D eigenvalue weighted by Gasteiger charge is 2.16. The zero-order chi connectivity index (χ0) is 12.1. The molecule has 0 atom stereocenters. The molecule has 1 heterocycles. The van der Waals surface area contributed by atoms with Gasteiger partial charge in [0.15, 0.2) is 0 Å². The fourth-order valence-electron chi connectivity index (χ4n) is 2.13. The topological polar surface area (TPSA) is 47.0 Å². The zero-order valence-electron chi connectivity index (χ0n) is 10.1. The second kappa shape index (κ2) is 6.17. The summed E-state index contributed by atoms with van der Waals surface area (Å²) in [6.07, 6.45) is 5.45. The molecule has 4 nitrogen and oxygen atoms in total. The van der Waals surface area contributed by atoms with Crippen LogP contribution in [0.25, 0.3) is 0 Å². The lowest BCUT2D eigenvalue weighted by atomic mass is 9.96. The van der Waals surface area contributed by atoms with E-state index in [9.17, 15) is 0 Å². The standard InChI is InChI=1S/C12H18ClN3O/c1-17-8-4-7-14-11-9-5-2-3-6-10(9)15-12(13)16-11/h2-8H2,1H3,(H,14,15,16). The van der Waals surface area contributed by atoms with E-state index in [4.69, 9.17) is 16.3 Å². The van der Waals surface area contributed by atoms with Crippen molar-refractivity contribution in [2.75, 3.05) is 25.6 Å². The van der Waals surface area contributed by atoms with Gasteiger partial charge in [-0.25, -0.2) is 9.97 Å². The van der Waals surface area contributed by atoms with Crippen molar-refractivity contribution in [3.63, 3.8) is 0 Å². The summed E-state index contributed by atoms with van der Waals surface area (Å²) in [6, 6.07) is 0. The van der Waals surface area contributed by atoms with Gasteiger partial charge in [0.1, 0.15) is 5.82 Å². The van der Waals surface area contributed by atoms with Gasteiger partial charge < -0.3 is 10.1 Å². The van der Waals surface area contributed by atoms with E-state index in [1.165, 1.54) is 18.4 Å². The van der Waals surface area contributed by atoms with Crippen molar-refractivity contribution in [3.05, 3.63) is 16.5 Å². The van der Waals surface area contributed by atoms with Crippen molar-refractivity contribution in [2.45, 2.75) is 32.1 Å². The summed E-state index contributed by atoms with van der Waals surface area (Å²) < 4.78 is 5.02. The molecule has 0 saturated heterocycles. The quantitative estimate of drug-likeness (QED) is 0.649. The predicted octanol–water partition coefficient (Wildman–Crippen LogP) is 2.46. The minimum Gasteiger partial charge on any atom is -0.385 e. The van der Waals surface area contributed by atoms with Gasteiger partial charge in [0.05, 0.1) is 5.69 Å². The summed E-state index contributed by atoms with van der Waals surface area (Å²) in [5.41, 5.74) is 2.36. The minimum absolute atomic E-state index is 0.347. The maximum Gasteiger partial charge on any atom is 0.224 e. The van der Waals surface area contributed by atoms with Crippen LogP contribution in [0.5, 0.6) is 0 Å². The lowest BCUT2D eigenvalue weighted by Gasteiger charge is -2.18. The monoisotopic (exact) mass is 255 g/mol. The second-order valence-electron chi connectivity index (χ2n) is 4.25. The number of hydrogen-bond acceptors (Lipinski definition) is 4. The molecule has 1 aromatic heterocycles. The van der Waals surface area contributed by atoms with Crippen molar-refractivity contribution in [3.8, 4) is 0 Å². The summed E-state index contributed by atoms with van der Waals surface area (Å²) in [6.45, 7) is 1.61. The first-order valence-electron chi connectivity index (χ1n) is 6.09. The molecule has 5 heteroatoms. The molecule has 2 rings (SSSR count). The molecule has 0 unspecified atom stereocenters. The Balaban J connectivity index is 2.07. The van der Waals surface area contributed by atoms with Crippen LogP contribution in [-0.4, -0.2) is 30.2 Å². The van der Waals surface area contributed by atoms with Crippen LogP contribution in [0, 0.1) is 0 Å². The fourth-order valence-corrected chi connectivity index (χ4v) is 2.32. The molecule has 94 valence electrons. The summed E-state index contributed by atoms with van der Waals surface area (Å²) in [4.78, 5) is 8.59. The summed E-state index contributed by atoms with van der Waals surface area (Å²) >= 11 is 5.93. The van der Waals surface area contributed by atoms with Gasteiger partial charge in [-0.1, -0.05) is 0 Å². The highest BCUT2D eigenvalue weighted by Crippen LogP contribution is 2.26. The SMILES string of the molecule is COCCCNc1nc(Cl)nc2c1CCCC2. The summed E-state index contributed by atoms with van der Waals surface area (Å²) in [5.74, 6) is 0.913. The van der Waals surface area contributed by atoms with Crippen molar-refractivity contribution >= 4 is 17.4 Å². The number of anilines is 1. The Morgan fingerprint density at radius 1 is 1.29 bits per heavy atom. The molecular formula is C12H18ClN3O. The Labute approximate surface area is 107 Å². The minimum atomic E-state index is 0.347. The van der Waals surface area contributed by atoms with Crippen LogP contribution in [0.15, 0.2) is 0 Å². The average Bonchev–Trinajstić information content (AvgIpc) is 2.34. The van der Waals surface area contributed by atoms with Crippen LogP contribution >= 0.6 is 11.6 Å². The smallest absolute Gasteiger partial charge is 0.224 e. The first-order chi connectivity index (χ1) is 8.31. The number of nitrogens with zero attached hydrogens (tertiary/aromatic N) is 2. The molecule has 0 saturated carbocycles. The Hall–Kier alpha value is -0.870. The number of methoxy groups -OCH3 is 1. The number of aryl methyl sites for hydroxylation is 1. The van der Waals surface area contributed by atoms with Gasteiger partial charge in [0.25, 0.3) is 0 Å². The molecule has 0 aromatic carbocycles. The third-order valence-electron chi connectivity index (χ3n) is 2.97. The maximum atomic E-state index is 5.93. The number of hydrogen-bond donors (Lipinski definition) is 1. The van der Waals surface area contributed by atoms with Crippen LogP contribution in [0.1, 0.15) is 30.5 Å². The van der Waals surface area contributed by atoms with E-state index < -0.39 is 0 Å². The van der Waals surface area contributed by atoms with E-state index in [-0.39, 0.29) is 0 Å². The first-order valence-corrected chi connectivity index (χ1v) is 6.47. The normalized spacial score (nSPS) is 14.5. The lowest BCUT2D eigenvalue weighted by Crippen LogP contribution is -2.14. The van der Waals surface area contributed by atoms with Crippen molar-refractivity contribution < 1.29 is 4.74 Å². The third-order valence-corrected chi connectivity index (χ3v) is 3.14. The van der Waals surface area contributed by atoms with Crippen molar-refractivity contribution in [1.82, 2.24) is 9.97 Å². The molecule has 0 radical (unpaired) electrons. The molecule has 1 aromatic rings. The van der Waals surface area contributed by atoms with Gasteiger partial charge in [-0.3, -0.25) is 0 Å². The van der Waals surface area contributed by atoms with E-state index in [2.05, 4.69) is 15.3 Å². The van der Waals surface area contributed by atoms with E-state index in [1.807, 2.05) is 0 Å². The molecular weight excluding hydrogens is 238 g/mol. The molecule has 1 aliphatic rings. The van der Waals surface area contributed by atoms with Crippen molar-refractivity contribution in [1.29, 1.82) is 0 Å². The summed E-state index contributed by atoms with van der Waals surface area (Å²) in [7, 11) is 1.71. The zero-order valence-corrected chi connectivity index (χ0v) is 10.9. The Morgan fingerprint density at radius 3 is 2.94 bits per heavy atom. The Kier molecular flexibility index (Phi) is 4.57. The fraction of sp³-hybridized carbons (Fsp3) is 0.667. The number of aromatic nitrogens is 2. The van der Waals surface area contributed by atoms with Crippen LogP contribution in [-0.2, 0) is 17.6 Å². The van der Waals surface area contributed by atoms with E-state index in [0.29, 0.717) is 5.28 Å². The molecule has 1 aliphatic carbocycles. The van der Waals surface area contributed by atoms with E-state index in [0.717, 1.165) is 43.9 Å². The number of halogens is 1. The van der Waals surface area contributed by atoms with E-state index >= 15 is 0 Å². The highest BCUT2D eigenvalue weighted by atomic mass is 35.5. The molecule has 0 bridgehead atoms. The average molecular weight is 256 g/mol. The van der Waals surface area contributed by atoms with Gasteiger partial charge in [-0.15, -0.1) is 0 Å². The molecule has 0 aliphatic heterocycles. The third kappa shape index (κ3) is 3.30. The van der Waals surface area contributed by atoms with Gasteiger partial charge in [-0.05, 0) is 43.7 Å². The molecule has 1 N–H and O–H groups in total. The molecule has 0 fully saturated rings. The first kappa shape index (κ1) is 12.6.